The molecule has 0 saturated carbocycles. The molecule has 1 aliphatic heterocycles. The third-order valence-corrected chi connectivity index (χ3v) is 4.06. The Kier molecular flexibility index (Phi) is 9.85. The van der Waals surface area contributed by atoms with Gasteiger partial charge in [0.15, 0.2) is 5.67 Å². The summed E-state index contributed by atoms with van der Waals surface area (Å²) in [5, 5.41) is 3.25. The zero-order valence-electron chi connectivity index (χ0n) is 16.0. The van der Waals surface area contributed by atoms with Crippen molar-refractivity contribution in [2.45, 2.75) is 31.5 Å². The number of halogens is 1. The quantitative estimate of drug-likeness (QED) is 0.489. The lowest BCUT2D eigenvalue weighted by atomic mass is 10.1. The van der Waals surface area contributed by atoms with Crippen LogP contribution in [0.5, 0.6) is 0 Å². The Morgan fingerprint density at radius 2 is 1.96 bits per heavy atom. The molecule has 0 spiro atoms. The van der Waals surface area contributed by atoms with Crippen molar-refractivity contribution in [2.24, 2.45) is 5.73 Å². The van der Waals surface area contributed by atoms with E-state index in [0.29, 0.717) is 52.0 Å². The Balaban J connectivity index is 1.69. The van der Waals surface area contributed by atoms with Crippen LogP contribution >= 0.6 is 0 Å². The number of nitrogens with zero attached hydrogens (tertiary/aromatic N) is 2. The summed E-state index contributed by atoms with van der Waals surface area (Å²) in [6, 6.07) is 0.177. The maximum Gasteiger partial charge on any atom is 0.174 e. The summed E-state index contributed by atoms with van der Waals surface area (Å²) in [5.74, 6) is 0.549. The van der Waals surface area contributed by atoms with Gasteiger partial charge in [0.1, 0.15) is 11.5 Å². The van der Waals surface area contributed by atoms with Gasteiger partial charge in [-0.2, -0.15) is 0 Å². The van der Waals surface area contributed by atoms with Crippen LogP contribution in [0.2, 0.25) is 0 Å². The third kappa shape index (κ3) is 8.44. The smallest absolute Gasteiger partial charge is 0.174 e. The van der Waals surface area contributed by atoms with Crippen molar-refractivity contribution in [1.82, 2.24) is 9.97 Å². The van der Waals surface area contributed by atoms with Crippen LogP contribution in [0.1, 0.15) is 25.5 Å². The molecule has 154 valence electrons. The Bertz CT molecular complexity index is 530. The van der Waals surface area contributed by atoms with Gasteiger partial charge in [-0.3, -0.25) is 4.98 Å². The molecule has 2 atom stereocenters. The average molecular weight is 386 g/mol. The van der Waals surface area contributed by atoms with Crippen molar-refractivity contribution in [3.05, 3.63) is 18.1 Å². The van der Waals surface area contributed by atoms with Crippen LogP contribution < -0.4 is 11.1 Å². The van der Waals surface area contributed by atoms with Gasteiger partial charge >= 0.3 is 0 Å². The summed E-state index contributed by atoms with van der Waals surface area (Å²) in [6.07, 6.45) is 5.02. The minimum Gasteiger partial charge on any atom is -0.379 e. The SMILES string of the molecule is CC(F)(COCCOCCOCCN)c1cncc(NC2CCCOC2)n1. The minimum atomic E-state index is -1.74. The van der Waals surface area contributed by atoms with Gasteiger partial charge in [0.2, 0.25) is 0 Å². The summed E-state index contributed by atoms with van der Waals surface area (Å²) in [7, 11) is 0. The Morgan fingerprint density at radius 1 is 1.22 bits per heavy atom. The van der Waals surface area contributed by atoms with E-state index < -0.39 is 5.67 Å². The summed E-state index contributed by atoms with van der Waals surface area (Å²) < 4.78 is 36.3. The summed E-state index contributed by atoms with van der Waals surface area (Å²) >= 11 is 0. The molecule has 0 amide bonds. The summed E-state index contributed by atoms with van der Waals surface area (Å²) in [4.78, 5) is 8.45. The van der Waals surface area contributed by atoms with E-state index in [9.17, 15) is 4.39 Å². The fourth-order valence-corrected chi connectivity index (χ4v) is 2.61. The maximum atomic E-state index is 14.9. The highest BCUT2D eigenvalue weighted by molar-refractivity contribution is 5.34. The zero-order valence-corrected chi connectivity index (χ0v) is 16.0. The molecule has 8 nitrogen and oxygen atoms in total. The molecule has 2 heterocycles. The molecule has 9 heteroatoms. The van der Waals surface area contributed by atoms with Gasteiger partial charge in [-0.1, -0.05) is 0 Å². The number of hydrogen-bond donors (Lipinski definition) is 2. The second kappa shape index (κ2) is 12.1. The molecule has 1 fully saturated rings. The van der Waals surface area contributed by atoms with Gasteiger partial charge in [0.25, 0.3) is 0 Å². The van der Waals surface area contributed by atoms with Gasteiger partial charge in [-0.25, -0.2) is 9.37 Å². The standard InChI is InChI=1S/C18H31FN4O4/c1-18(19,14-27-10-9-25-8-7-24-6-4-20)16-11-21-12-17(23-16)22-15-3-2-5-26-13-15/h11-12,15H,2-10,13-14,20H2,1H3,(H,22,23). The van der Waals surface area contributed by atoms with Crippen LogP contribution in [0.25, 0.3) is 0 Å². The lowest BCUT2D eigenvalue weighted by Gasteiger charge is -2.24. The molecule has 0 aliphatic carbocycles. The van der Waals surface area contributed by atoms with Crippen molar-refractivity contribution < 1.29 is 23.3 Å². The Labute approximate surface area is 159 Å². The fraction of sp³-hybridized carbons (Fsp3) is 0.778. The van der Waals surface area contributed by atoms with Gasteiger partial charge in [0.05, 0.1) is 64.7 Å². The Morgan fingerprint density at radius 3 is 2.67 bits per heavy atom. The number of hydrogen-bond acceptors (Lipinski definition) is 8. The molecule has 1 aliphatic rings. The molecule has 3 N–H and O–H groups in total. The molecule has 2 rings (SSSR count). The molecule has 0 bridgehead atoms. The van der Waals surface area contributed by atoms with E-state index >= 15 is 0 Å². The predicted octanol–water partition coefficient (Wildman–Crippen LogP) is 1.26. The van der Waals surface area contributed by atoms with Crippen molar-refractivity contribution >= 4 is 5.82 Å². The highest BCUT2D eigenvalue weighted by Crippen LogP contribution is 2.25. The summed E-state index contributed by atoms with van der Waals surface area (Å²) in [5.41, 5.74) is 3.81. The van der Waals surface area contributed by atoms with Crippen LogP contribution in [0.4, 0.5) is 10.2 Å². The first-order valence-electron chi connectivity index (χ1n) is 9.41. The van der Waals surface area contributed by atoms with E-state index in [-0.39, 0.29) is 18.3 Å². The molecule has 2 unspecified atom stereocenters. The van der Waals surface area contributed by atoms with Gasteiger partial charge in [-0.05, 0) is 19.8 Å². The van der Waals surface area contributed by atoms with E-state index in [0.717, 1.165) is 19.4 Å². The second-order valence-corrected chi connectivity index (χ2v) is 6.61. The number of anilines is 1. The van der Waals surface area contributed by atoms with E-state index in [1.807, 2.05) is 0 Å². The number of ether oxygens (including phenoxy) is 4. The lowest BCUT2D eigenvalue weighted by molar-refractivity contribution is -0.0186. The predicted molar refractivity (Wildman–Crippen MR) is 99.5 cm³/mol. The lowest BCUT2D eigenvalue weighted by Crippen LogP contribution is -2.31. The number of alkyl halides is 1. The van der Waals surface area contributed by atoms with Crippen LogP contribution in [-0.4, -0.2) is 75.4 Å². The molecular weight excluding hydrogens is 355 g/mol. The second-order valence-electron chi connectivity index (χ2n) is 6.61. The minimum absolute atomic E-state index is 0.120. The first-order valence-corrected chi connectivity index (χ1v) is 9.41. The molecule has 1 aromatic rings. The van der Waals surface area contributed by atoms with Crippen molar-refractivity contribution in [2.75, 3.05) is 64.7 Å². The average Bonchev–Trinajstić information content (AvgIpc) is 2.68. The monoisotopic (exact) mass is 386 g/mol. The largest absolute Gasteiger partial charge is 0.379 e. The van der Waals surface area contributed by atoms with Crippen molar-refractivity contribution in [3.63, 3.8) is 0 Å². The summed E-state index contributed by atoms with van der Waals surface area (Å²) in [6.45, 7) is 5.34. The first-order chi connectivity index (χ1) is 13.1. The molecule has 0 radical (unpaired) electrons. The molecule has 1 aromatic heterocycles. The molecule has 1 saturated heterocycles. The fourth-order valence-electron chi connectivity index (χ4n) is 2.61. The molecule has 27 heavy (non-hydrogen) atoms. The van der Waals surface area contributed by atoms with Gasteiger partial charge in [0, 0.05) is 13.2 Å². The third-order valence-electron chi connectivity index (χ3n) is 4.06. The first kappa shape index (κ1) is 21.9. The maximum absolute atomic E-state index is 14.9. The zero-order chi connectivity index (χ0) is 19.4. The van der Waals surface area contributed by atoms with Gasteiger partial charge in [-0.15, -0.1) is 0 Å². The number of aromatic nitrogens is 2. The highest BCUT2D eigenvalue weighted by atomic mass is 19.1. The molecular formula is C18H31FN4O4. The van der Waals surface area contributed by atoms with Gasteiger partial charge < -0.3 is 30.0 Å². The number of rotatable bonds is 13. The Hall–Kier alpha value is -1.39. The highest BCUT2D eigenvalue weighted by Gasteiger charge is 2.29. The van der Waals surface area contributed by atoms with Crippen molar-refractivity contribution in [3.8, 4) is 0 Å². The van der Waals surface area contributed by atoms with Crippen LogP contribution in [-0.2, 0) is 24.6 Å². The normalized spacial score (nSPS) is 19.6. The molecule has 0 aromatic carbocycles. The number of nitrogens with one attached hydrogen (secondary N) is 1. The van der Waals surface area contributed by atoms with Crippen LogP contribution in [0, 0.1) is 0 Å². The topological polar surface area (TPSA) is 101 Å². The van der Waals surface area contributed by atoms with Crippen molar-refractivity contribution in [1.29, 1.82) is 0 Å². The van der Waals surface area contributed by atoms with Crippen LogP contribution in [0.3, 0.4) is 0 Å². The van der Waals surface area contributed by atoms with Crippen LogP contribution in [0.15, 0.2) is 12.4 Å². The van der Waals surface area contributed by atoms with E-state index in [2.05, 4.69) is 15.3 Å². The van der Waals surface area contributed by atoms with E-state index in [1.54, 1.807) is 6.20 Å². The number of nitrogens with two attached hydrogens (primary N) is 1. The van der Waals surface area contributed by atoms with E-state index in [1.165, 1.54) is 13.1 Å². The van der Waals surface area contributed by atoms with E-state index in [4.69, 9.17) is 24.7 Å².